The standard InChI is InChI=1S/C24H19N3O4/c25-15-19(24(28)27-20-3-6-22-23(14-20)30-12-11-29-22)13-17-1-4-21(5-2-17)31-16-18-7-9-26-10-8-18/h1-10,13-14H,11-12,16H2,(H,27,28)/b19-13+. The maximum atomic E-state index is 12.5. The summed E-state index contributed by atoms with van der Waals surface area (Å²) in [6.07, 6.45) is 4.96. The van der Waals surface area contributed by atoms with Crippen LogP contribution < -0.4 is 19.5 Å². The zero-order chi connectivity index (χ0) is 21.5. The number of anilines is 1. The molecule has 154 valence electrons. The van der Waals surface area contributed by atoms with Crippen LogP contribution in [0.3, 0.4) is 0 Å². The van der Waals surface area contributed by atoms with E-state index in [1.54, 1.807) is 54.9 Å². The Kier molecular flexibility index (Phi) is 6.10. The van der Waals surface area contributed by atoms with Crippen LogP contribution in [0.5, 0.6) is 17.2 Å². The number of nitrogens with one attached hydrogen (secondary N) is 1. The number of hydrogen-bond donors (Lipinski definition) is 1. The molecule has 1 amide bonds. The van der Waals surface area contributed by atoms with Gasteiger partial charge in [-0.25, -0.2) is 0 Å². The fourth-order valence-electron chi connectivity index (χ4n) is 2.94. The first-order chi connectivity index (χ1) is 15.2. The molecular weight excluding hydrogens is 394 g/mol. The predicted molar refractivity (Wildman–Crippen MR) is 115 cm³/mol. The minimum Gasteiger partial charge on any atom is -0.489 e. The van der Waals surface area contributed by atoms with E-state index in [-0.39, 0.29) is 5.57 Å². The van der Waals surface area contributed by atoms with E-state index in [9.17, 15) is 10.1 Å². The summed E-state index contributed by atoms with van der Waals surface area (Å²) in [5.41, 5.74) is 2.24. The highest BCUT2D eigenvalue weighted by molar-refractivity contribution is 6.09. The molecule has 0 atom stereocenters. The number of carbonyl (C=O) groups is 1. The molecule has 2 heterocycles. The van der Waals surface area contributed by atoms with Crippen molar-refractivity contribution in [2.45, 2.75) is 6.61 Å². The van der Waals surface area contributed by atoms with Crippen molar-refractivity contribution in [2.75, 3.05) is 18.5 Å². The lowest BCUT2D eigenvalue weighted by Crippen LogP contribution is -2.17. The Hall–Kier alpha value is -4.31. The van der Waals surface area contributed by atoms with Gasteiger partial charge in [0.05, 0.1) is 0 Å². The molecule has 7 nitrogen and oxygen atoms in total. The summed E-state index contributed by atoms with van der Waals surface area (Å²) in [7, 11) is 0. The van der Waals surface area contributed by atoms with Gasteiger partial charge in [0.2, 0.25) is 0 Å². The number of fused-ring (bicyclic) bond motifs is 1. The van der Waals surface area contributed by atoms with Gasteiger partial charge >= 0.3 is 0 Å². The number of aromatic nitrogens is 1. The molecule has 3 aromatic rings. The minimum atomic E-state index is -0.503. The summed E-state index contributed by atoms with van der Waals surface area (Å²) in [5, 5.41) is 12.2. The Morgan fingerprint density at radius 2 is 1.81 bits per heavy atom. The normalized spacial score (nSPS) is 12.5. The molecule has 1 aliphatic rings. The number of nitriles is 1. The smallest absolute Gasteiger partial charge is 0.266 e. The fraction of sp³-hybridized carbons (Fsp3) is 0.125. The van der Waals surface area contributed by atoms with Crippen molar-refractivity contribution >= 4 is 17.7 Å². The molecule has 0 aliphatic carbocycles. The molecule has 0 unspecified atom stereocenters. The van der Waals surface area contributed by atoms with Crippen molar-refractivity contribution in [1.82, 2.24) is 4.98 Å². The van der Waals surface area contributed by atoms with Crippen molar-refractivity contribution in [3.05, 3.63) is 83.7 Å². The molecule has 0 bridgehead atoms. The third-order valence-corrected chi connectivity index (χ3v) is 4.51. The molecule has 2 aromatic carbocycles. The number of nitrogens with zero attached hydrogens (tertiary/aromatic N) is 2. The highest BCUT2D eigenvalue weighted by atomic mass is 16.6. The van der Waals surface area contributed by atoms with E-state index < -0.39 is 5.91 Å². The second-order valence-corrected chi connectivity index (χ2v) is 6.70. The van der Waals surface area contributed by atoms with Crippen LogP contribution in [0.25, 0.3) is 6.08 Å². The summed E-state index contributed by atoms with van der Waals surface area (Å²) in [4.78, 5) is 16.5. The van der Waals surface area contributed by atoms with Crippen LogP contribution in [-0.2, 0) is 11.4 Å². The van der Waals surface area contributed by atoms with E-state index in [4.69, 9.17) is 14.2 Å². The Balaban J connectivity index is 1.40. The number of pyridine rings is 1. The molecule has 1 aliphatic heterocycles. The van der Waals surface area contributed by atoms with Crippen LogP contribution >= 0.6 is 0 Å². The molecular formula is C24H19N3O4. The van der Waals surface area contributed by atoms with Gasteiger partial charge in [-0.05, 0) is 53.6 Å². The monoisotopic (exact) mass is 413 g/mol. The van der Waals surface area contributed by atoms with E-state index in [0.29, 0.717) is 48.3 Å². The molecule has 0 saturated carbocycles. The molecule has 7 heteroatoms. The molecule has 1 N–H and O–H groups in total. The fourth-order valence-corrected chi connectivity index (χ4v) is 2.94. The first-order valence-electron chi connectivity index (χ1n) is 9.66. The van der Waals surface area contributed by atoms with Gasteiger partial charge in [-0.1, -0.05) is 12.1 Å². The topological polar surface area (TPSA) is 93.5 Å². The lowest BCUT2D eigenvalue weighted by molar-refractivity contribution is -0.112. The number of carbonyl (C=O) groups excluding carboxylic acids is 1. The van der Waals surface area contributed by atoms with E-state index in [1.165, 1.54) is 6.08 Å². The van der Waals surface area contributed by atoms with Crippen molar-refractivity contribution < 1.29 is 19.0 Å². The first kappa shape index (κ1) is 20.0. The number of amides is 1. The Morgan fingerprint density at radius 1 is 1.06 bits per heavy atom. The summed E-state index contributed by atoms with van der Waals surface area (Å²) in [5.74, 6) is 1.38. The average Bonchev–Trinajstić information content (AvgIpc) is 2.82. The Bertz CT molecular complexity index is 1140. The van der Waals surface area contributed by atoms with Crippen molar-refractivity contribution in [3.63, 3.8) is 0 Å². The third-order valence-electron chi connectivity index (χ3n) is 4.51. The molecule has 0 radical (unpaired) electrons. The van der Waals surface area contributed by atoms with Gasteiger partial charge in [0.15, 0.2) is 11.5 Å². The van der Waals surface area contributed by atoms with Crippen LogP contribution in [0, 0.1) is 11.3 Å². The summed E-state index contributed by atoms with van der Waals surface area (Å²) >= 11 is 0. The maximum Gasteiger partial charge on any atom is 0.266 e. The highest BCUT2D eigenvalue weighted by Gasteiger charge is 2.14. The van der Waals surface area contributed by atoms with Crippen molar-refractivity contribution in [3.8, 4) is 23.3 Å². The zero-order valence-corrected chi connectivity index (χ0v) is 16.6. The summed E-state index contributed by atoms with van der Waals surface area (Å²) < 4.78 is 16.7. The summed E-state index contributed by atoms with van der Waals surface area (Å²) in [6, 6.07) is 18.0. The zero-order valence-electron chi connectivity index (χ0n) is 16.6. The molecule has 0 spiro atoms. The second kappa shape index (κ2) is 9.46. The Labute approximate surface area is 179 Å². The van der Waals surface area contributed by atoms with E-state index in [2.05, 4.69) is 10.3 Å². The van der Waals surface area contributed by atoms with E-state index in [1.807, 2.05) is 18.2 Å². The first-order valence-corrected chi connectivity index (χ1v) is 9.66. The molecule has 0 fully saturated rings. The second-order valence-electron chi connectivity index (χ2n) is 6.70. The van der Waals surface area contributed by atoms with Gasteiger partial charge in [-0.2, -0.15) is 5.26 Å². The third kappa shape index (κ3) is 5.19. The van der Waals surface area contributed by atoms with E-state index in [0.717, 1.165) is 5.56 Å². The van der Waals surface area contributed by atoms with Crippen LogP contribution in [0.4, 0.5) is 5.69 Å². The van der Waals surface area contributed by atoms with Crippen LogP contribution in [-0.4, -0.2) is 24.1 Å². The van der Waals surface area contributed by atoms with E-state index >= 15 is 0 Å². The van der Waals surface area contributed by atoms with Gasteiger partial charge in [0.25, 0.3) is 5.91 Å². The van der Waals surface area contributed by atoms with Gasteiger partial charge in [0, 0.05) is 24.1 Å². The number of benzene rings is 2. The minimum absolute atomic E-state index is 0.0136. The highest BCUT2D eigenvalue weighted by Crippen LogP contribution is 2.32. The molecule has 0 saturated heterocycles. The molecule has 1 aromatic heterocycles. The Morgan fingerprint density at radius 3 is 2.55 bits per heavy atom. The predicted octanol–water partition coefficient (Wildman–Crippen LogP) is 3.98. The molecule has 4 rings (SSSR count). The number of hydrogen-bond acceptors (Lipinski definition) is 6. The van der Waals surface area contributed by atoms with Crippen molar-refractivity contribution in [2.24, 2.45) is 0 Å². The average molecular weight is 413 g/mol. The number of ether oxygens (including phenoxy) is 3. The quantitative estimate of drug-likeness (QED) is 0.485. The largest absolute Gasteiger partial charge is 0.489 e. The van der Waals surface area contributed by atoms with Gasteiger partial charge < -0.3 is 19.5 Å². The van der Waals surface area contributed by atoms with Crippen LogP contribution in [0.15, 0.2) is 72.6 Å². The summed E-state index contributed by atoms with van der Waals surface area (Å²) in [6.45, 7) is 1.38. The lowest BCUT2D eigenvalue weighted by Gasteiger charge is -2.18. The van der Waals surface area contributed by atoms with Gasteiger partial charge in [-0.3, -0.25) is 9.78 Å². The van der Waals surface area contributed by atoms with Crippen LogP contribution in [0.2, 0.25) is 0 Å². The van der Waals surface area contributed by atoms with Gasteiger partial charge in [-0.15, -0.1) is 0 Å². The number of rotatable bonds is 6. The van der Waals surface area contributed by atoms with Crippen molar-refractivity contribution in [1.29, 1.82) is 5.26 Å². The van der Waals surface area contributed by atoms with Crippen LogP contribution in [0.1, 0.15) is 11.1 Å². The lowest BCUT2D eigenvalue weighted by atomic mass is 10.1. The van der Waals surface area contributed by atoms with Gasteiger partial charge in [0.1, 0.15) is 37.2 Å². The molecule has 31 heavy (non-hydrogen) atoms. The SMILES string of the molecule is N#C/C(=C\c1ccc(OCc2ccncc2)cc1)C(=O)Nc1ccc2c(c1)OCCO2. The maximum absolute atomic E-state index is 12.5.